The lowest BCUT2D eigenvalue weighted by Gasteiger charge is -2.06. The molecule has 6 heteroatoms. The number of aryl methyl sites for hydroxylation is 1. The summed E-state index contributed by atoms with van der Waals surface area (Å²) in [5, 5.41) is 11.4. The summed E-state index contributed by atoms with van der Waals surface area (Å²) in [4.78, 5) is 16.3. The summed E-state index contributed by atoms with van der Waals surface area (Å²) in [6, 6.07) is 9.51. The van der Waals surface area contributed by atoms with Gasteiger partial charge < -0.3 is 9.67 Å². The molecule has 0 fully saturated rings. The van der Waals surface area contributed by atoms with Crippen molar-refractivity contribution in [2.45, 2.75) is 13.0 Å². The standard InChI is InChI=1S/C14H11ClN2O2S/c15-9-6-8-20-13(9)14-16-10-3-1-2-4-11(10)17(14)7-5-12(18)19/h1-4,6,8H,5,7H2,(H,18,19). The second-order valence-corrected chi connectivity index (χ2v) is 5.64. The maximum absolute atomic E-state index is 10.8. The molecule has 2 aromatic heterocycles. The van der Waals surface area contributed by atoms with Crippen LogP contribution in [0.4, 0.5) is 0 Å². The highest BCUT2D eigenvalue weighted by molar-refractivity contribution is 7.14. The zero-order valence-corrected chi connectivity index (χ0v) is 12.0. The van der Waals surface area contributed by atoms with Gasteiger partial charge >= 0.3 is 5.97 Å². The summed E-state index contributed by atoms with van der Waals surface area (Å²) in [6.07, 6.45) is 0.0519. The molecule has 1 N–H and O–H groups in total. The number of aromatic nitrogens is 2. The minimum absolute atomic E-state index is 0.0519. The summed E-state index contributed by atoms with van der Waals surface area (Å²) in [6.45, 7) is 0.374. The van der Waals surface area contributed by atoms with Crippen molar-refractivity contribution in [1.82, 2.24) is 9.55 Å². The number of hydrogen-bond acceptors (Lipinski definition) is 3. The molecule has 0 atom stereocenters. The number of para-hydroxylation sites is 2. The monoisotopic (exact) mass is 306 g/mol. The van der Waals surface area contributed by atoms with Crippen molar-refractivity contribution in [2.75, 3.05) is 0 Å². The number of fused-ring (bicyclic) bond motifs is 1. The predicted octanol–water partition coefficient (Wildman–Crippen LogP) is 3.89. The van der Waals surface area contributed by atoms with E-state index in [9.17, 15) is 4.79 Å². The van der Waals surface area contributed by atoms with Crippen LogP contribution in [0.1, 0.15) is 6.42 Å². The molecular weight excluding hydrogens is 296 g/mol. The van der Waals surface area contributed by atoms with Gasteiger partial charge in [0.05, 0.1) is 27.4 Å². The number of carbonyl (C=O) groups is 1. The lowest BCUT2D eigenvalue weighted by atomic mass is 10.3. The van der Waals surface area contributed by atoms with Crippen LogP contribution in [-0.2, 0) is 11.3 Å². The summed E-state index contributed by atoms with van der Waals surface area (Å²) < 4.78 is 1.92. The molecule has 0 aliphatic carbocycles. The third kappa shape index (κ3) is 2.30. The molecule has 0 amide bonds. The lowest BCUT2D eigenvalue weighted by molar-refractivity contribution is -0.137. The van der Waals surface area contributed by atoms with Crippen LogP contribution < -0.4 is 0 Å². The molecule has 0 saturated heterocycles. The Hall–Kier alpha value is -1.85. The molecule has 1 aromatic carbocycles. The fraction of sp³-hybridized carbons (Fsp3) is 0.143. The second kappa shape index (κ2) is 5.26. The van der Waals surface area contributed by atoms with Crippen molar-refractivity contribution in [3.63, 3.8) is 0 Å². The van der Waals surface area contributed by atoms with Gasteiger partial charge in [-0.15, -0.1) is 11.3 Å². The zero-order chi connectivity index (χ0) is 14.1. The number of rotatable bonds is 4. The Morgan fingerprint density at radius 2 is 2.15 bits per heavy atom. The van der Waals surface area contributed by atoms with Gasteiger partial charge in [0.15, 0.2) is 5.82 Å². The minimum atomic E-state index is -0.828. The second-order valence-electron chi connectivity index (χ2n) is 4.32. The van der Waals surface area contributed by atoms with Crippen molar-refractivity contribution in [3.8, 4) is 10.7 Å². The normalized spacial score (nSPS) is 11.1. The molecular formula is C14H11ClN2O2S. The van der Waals surface area contributed by atoms with Crippen LogP contribution in [0.2, 0.25) is 5.02 Å². The minimum Gasteiger partial charge on any atom is -0.481 e. The quantitative estimate of drug-likeness (QED) is 0.795. The number of nitrogens with zero attached hydrogens (tertiary/aromatic N) is 2. The first-order valence-electron chi connectivity index (χ1n) is 6.07. The number of aliphatic carboxylic acids is 1. The van der Waals surface area contributed by atoms with Crippen LogP contribution >= 0.6 is 22.9 Å². The van der Waals surface area contributed by atoms with Gasteiger partial charge in [-0.05, 0) is 23.6 Å². The molecule has 0 aliphatic heterocycles. The fourth-order valence-electron chi connectivity index (χ4n) is 2.14. The van der Waals surface area contributed by atoms with E-state index in [1.54, 1.807) is 0 Å². The average molecular weight is 307 g/mol. The first-order chi connectivity index (χ1) is 9.66. The maximum atomic E-state index is 10.8. The number of carboxylic acid groups (broad SMARTS) is 1. The molecule has 0 radical (unpaired) electrons. The van der Waals surface area contributed by atoms with E-state index in [1.165, 1.54) is 11.3 Å². The van der Waals surface area contributed by atoms with E-state index in [0.29, 0.717) is 11.6 Å². The maximum Gasteiger partial charge on any atom is 0.305 e. The topological polar surface area (TPSA) is 55.1 Å². The third-order valence-electron chi connectivity index (χ3n) is 3.02. The highest BCUT2D eigenvalue weighted by Gasteiger charge is 2.16. The molecule has 0 saturated carbocycles. The van der Waals surface area contributed by atoms with E-state index in [0.717, 1.165) is 21.7 Å². The van der Waals surface area contributed by atoms with Crippen molar-refractivity contribution in [2.24, 2.45) is 0 Å². The Bertz CT molecular complexity index is 778. The van der Waals surface area contributed by atoms with E-state index < -0.39 is 5.97 Å². The number of halogens is 1. The van der Waals surface area contributed by atoms with Crippen LogP contribution in [0.15, 0.2) is 35.7 Å². The largest absolute Gasteiger partial charge is 0.481 e. The number of imidazole rings is 1. The number of thiophene rings is 1. The first-order valence-corrected chi connectivity index (χ1v) is 7.33. The SMILES string of the molecule is O=C(O)CCn1c(-c2sccc2Cl)nc2ccccc21. The molecule has 0 spiro atoms. The third-order valence-corrected chi connectivity index (χ3v) is 4.36. The van der Waals surface area contributed by atoms with Crippen LogP contribution in [0.5, 0.6) is 0 Å². The van der Waals surface area contributed by atoms with Crippen LogP contribution in [0, 0.1) is 0 Å². The zero-order valence-electron chi connectivity index (χ0n) is 10.4. The lowest BCUT2D eigenvalue weighted by Crippen LogP contribution is -2.05. The molecule has 0 bridgehead atoms. The molecule has 3 aromatic rings. The van der Waals surface area contributed by atoms with Gasteiger partial charge in [-0.3, -0.25) is 4.79 Å². The van der Waals surface area contributed by atoms with Crippen LogP contribution in [0.3, 0.4) is 0 Å². The van der Waals surface area contributed by atoms with E-state index in [1.807, 2.05) is 40.3 Å². The average Bonchev–Trinajstić information content (AvgIpc) is 2.99. The van der Waals surface area contributed by atoms with Gasteiger partial charge in [-0.2, -0.15) is 0 Å². The summed E-state index contributed by atoms with van der Waals surface area (Å²) in [5.74, 6) is -0.0987. The van der Waals surface area contributed by atoms with E-state index in [4.69, 9.17) is 16.7 Å². The highest BCUT2D eigenvalue weighted by atomic mass is 35.5. The molecule has 0 unspecified atom stereocenters. The Labute approximate surface area is 124 Å². The highest BCUT2D eigenvalue weighted by Crippen LogP contribution is 2.34. The van der Waals surface area contributed by atoms with E-state index in [2.05, 4.69) is 4.98 Å². The predicted molar refractivity (Wildman–Crippen MR) is 80.3 cm³/mol. The van der Waals surface area contributed by atoms with Crippen molar-refractivity contribution in [3.05, 3.63) is 40.7 Å². The number of hydrogen-bond donors (Lipinski definition) is 1. The van der Waals surface area contributed by atoms with Crippen molar-refractivity contribution < 1.29 is 9.90 Å². The molecule has 3 rings (SSSR count). The molecule has 20 heavy (non-hydrogen) atoms. The Morgan fingerprint density at radius 3 is 2.85 bits per heavy atom. The smallest absolute Gasteiger partial charge is 0.305 e. The van der Waals surface area contributed by atoms with Gasteiger partial charge in [-0.1, -0.05) is 23.7 Å². The van der Waals surface area contributed by atoms with Gasteiger partial charge in [0.1, 0.15) is 0 Å². The van der Waals surface area contributed by atoms with Gasteiger partial charge in [0, 0.05) is 6.54 Å². The first kappa shape index (κ1) is 13.1. The summed E-state index contributed by atoms with van der Waals surface area (Å²) in [7, 11) is 0. The van der Waals surface area contributed by atoms with Gasteiger partial charge in [0.2, 0.25) is 0 Å². The fourth-order valence-corrected chi connectivity index (χ4v) is 3.27. The molecule has 4 nitrogen and oxygen atoms in total. The Balaban J connectivity index is 2.17. The van der Waals surface area contributed by atoms with Gasteiger partial charge in [-0.25, -0.2) is 4.98 Å². The van der Waals surface area contributed by atoms with E-state index in [-0.39, 0.29) is 6.42 Å². The van der Waals surface area contributed by atoms with Crippen LogP contribution in [0.25, 0.3) is 21.7 Å². The molecule has 102 valence electrons. The molecule has 2 heterocycles. The summed E-state index contributed by atoms with van der Waals surface area (Å²) >= 11 is 7.68. The summed E-state index contributed by atoms with van der Waals surface area (Å²) in [5.41, 5.74) is 1.77. The number of benzene rings is 1. The Morgan fingerprint density at radius 1 is 1.35 bits per heavy atom. The van der Waals surface area contributed by atoms with Crippen LogP contribution in [-0.4, -0.2) is 20.6 Å². The van der Waals surface area contributed by atoms with Crippen molar-refractivity contribution in [1.29, 1.82) is 0 Å². The van der Waals surface area contributed by atoms with E-state index >= 15 is 0 Å². The number of carboxylic acids is 1. The van der Waals surface area contributed by atoms with Gasteiger partial charge in [0.25, 0.3) is 0 Å². The van der Waals surface area contributed by atoms with Crippen molar-refractivity contribution >= 4 is 39.9 Å². The Kier molecular flexibility index (Phi) is 3.46. The molecule has 0 aliphatic rings.